The van der Waals surface area contributed by atoms with Crippen LogP contribution in [-0.4, -0.2) is 62.2 Å². The van der Waals surface area contributed by atoms with Crippen molar-refractivity contribution in [3.05, 3.63) is 54.2 Å². The van der Waals surface area contributed by atoms with Gasteiger partial charge in [0.05, 0.1) is 31.6 Å². The first-order valence-corrected chi connectivity index (χ1v) is 14.0. The first-order valence-electron chi connectivity index (χ1n) is 12.5. The second kappa shape index (κ2) is 11.3. The summed E-state index contributed by atoms with van der Waals surface area (Å²) < 4.78 is 44.4. The lowest BCUT2D eigenvalue weighted by atomic mass is 10.1. The van der Waals surface area contributed by atoms with E-state index in [2.05, 4.69) is 21.4 Å². The van der Waals surface area contributed by atoms with Crippen molar-refractivity contribution in [3.8, 4) is 28.8 Å². The first-order chi connectivity index (χ1) is 18.5. The molecule has 0 aliphatic carbocycles. The molecule has 3 aromatic rings. The smallest absolute Gasteiger partial charge is 0.246 e. The summed E-state index contributed by atoms with van der Waals surface area (Å²) in [6.45, 7) is 2.35. The van der Waals surface area contributed by atoms with Gasteiger partial charge in [-0.25, -0.2) is 18.4 Å². The molecule has 2 fully saturated rings. The number of nitriles is 1. The summed E-state index contributed by atoms with van der Waals surface area (Å²) in [5, 5.41) is 12.8. The van der Waals surface area contributed by atoms with Gasteiger partial charge in [-0.2, -0.15) is 9.57 Å². The summed E-state index contributed by atoms with van der Waals surface area (Å²) in [6.07, 6.45) is 4.96. The normalized spacial score (nSPS) is 16.6. The van der Waals surface area contributed by atoms with Gasteiger partial charge in [0.15, 0.2) is 0 Å². The number of anilines is 2. The second-order valence-corrected chi connectivity index (χ2v) is 11.0. The van der Waals surface area contributed by atoms with E-state index in [1.807, 2.05) is 6.07 Å². The maximum Gasteiger partial charge on any atom is 0.246 e. The van der Waals surface area contributed by atoms with E-state index >= 15 is 0 Å². The number of benzene rings is 2. The maximum atomic E-state index is 13.0. The third-order valence-corrected chi connectivity index (χ3v) is 8.55. The van der Waals surface area contributed by atoms with Crippen molar-refractivity contribution < 1.29 is 22.6 Å². The number of sulfonamides is 1. The average Bonchev–Trinajstić information content (AvgIpc) is 3.50. The van der Waals surface area contributed by atoms with Crippen molar-refractivity contribution in [1.82, 2.24) is 14.3 Å². The van der Waals surface area contributed by atoms with Gasteiger partial charge in [-0.1, -0.05) is 0 Å². The molecule has 38 heavy (non-hydrogen) atoms. The third kappa shape index (κ3) is 5.57. The van der Waals surface area contributed by atoms with E-state index in [9.17, 15) is 13.7 Å². The minimum atomic E-state index is -3.63. The van der Waals surface area contributed by atoms with E-state index in [-0.39, 0.29) is 16.7 Å². The Bertz CT molecular complexity index is 1440. The highest BCUT2D eigenvalue weighted by molar-refractivity contribution is 7.89. The van der Waals surface area contributed by atoms with Crippen molar-refractivity contribution in [3.63, 3.8) is 0 Å². The topological polar surface area (TPSA) is 127 Å². The summed E-state index contributed by atoms with van der Waals surface area (Å²) in [6, 6.07) is 14.2. The molecule has 1 N–H and O–H groups in total. The Morgan fingerprint density at radius 3 is 2.61 bits per heavy atom. The molecular weight excluding hydrogens is 506 g/mol. The summed E-state index contributed by atoms with van der Waals surface area (Å²) in [4.78, 5) is 9.02. The van der Waals surface area contributed by atoms with Crippen LogP contribution >= 0.6 is 0 Å². The van der Waals surface area contributed by atoms with Crippen LogP contribution in [0.4, 0.5) is 11.6 Å². The minimum absolute atomic E-state index is 0.0327. The standard InChI is InChI=1S/C27H29N5O5S/c1-35-25-17-21(5-7-26(25)38(33,34)32-12-2-3-13-32)30-27-29-11-8-23(31-27)19-4-6-24(20(16-19)18-28)37-22-9-14-36-15-10-22/h4-8,11,16-17,22H,2-3,9-10,12-15H2,1H3,(H,29,30,31). The molecule has 0 spiro atoms. The monoisotopic (exact) mass is 535 g/mol. The highest BCUT2D eigenvalue weighted by atomic mass is 32.2. The Labute approximate surface area is 222 Å². The number of methoxy groups -OCH3 is 1. The van der Waals surface area contributed by atoms with Crippen molar-refractivity contribution in [1.29, 1.82) is 5.26 Å². The molecule has 198 valence electrons. The predicted molar refractivity (Wildman–Crippen MR) is 141 cm³/mol. The van der Waals surface area contributed by atoms with E-state index in [1.165, 1.54) is 17.5 Å². The number of aromatic nitrogens is 2. The van der Waals surface area contributed by atoms with Gasteiger partial charge < -0.3 is 19.5 Å². The lowest BCUT2D eigenvalue weighted by Gasteiger charge is -2.23. The Balaban J connectivity index is 1.35. The quantitative estimate of drug-likeness (QED) is 0.453. The number of nitrogens with zero attached hydrogens (tertiary/aromatic N) is 4. The lowest BCUT2D eigenvalue weighted by Crippen LogP contribution is -2.28. The molecule has 10 nitrogen and oxygen atoms in total. The molecule has 2 aliphatic rings. The fourth-order valence-corrected chi connectivity index (χ4v) is 6.24. The Morgan fingerprint density at radius 1 is 1.08 bits per heavy atom. The minimum Gasteiger partial charge on any atom is -0.495 e. The zero-order valence-corrected chi connectivity index (χ0v) is 21.9. The van der Waals surface area contributed by atoms with Crippen molar-refractivity contribution in [2.45, 2.75) is 36.7 Å². The molecule has 2 aliphatic heterocycles. The molecule has 0 atom stereocenters. The molecule has 11 heteroatoms. The molecule has 0 amide bonds. The fourth-order valence-electron chi connectivity index (χ4n) is 4.59. The van der Waals surface area contributed by atoms with Crippen molar-refractivity contribution in [2.75, 3.05) is 38.7 Å². The number of hydrogen-bond donors (Lipinski definition) is 1. The molecule has 3 heterocycles. The molecule has 2 saturated heterocycles. The van der Waals surface area contributed by atoms with Crippen molar-refractivity contribution >= 4 is 21.7 Å². The largest absolute Gasteiger partial charge is 0.495 e. The number of ether oxygens (including phenoxy) is 3. The molecule has 0 radical (unpaired) electrons. The fraction of sp³-hybridized carbons (Fsp3) is 0.370. The van der Waals surface area contributed by atoms with Crippen LogP contribution in [0.3, 0.4) is 0 Å². The lowest BCUT2D eigenvalue weighted by molar-refractivity contribution is 0.0254. The highest BCUT2D eigenvalue weighted by Gasteiger charge is 2.30. The van der Waals surface area contributed by atoms with E-state index in [1.54, 1.807) is 36.5 Å². The van der Waals surface area contributed by atoms with E-state index in [0.29, 0.717) is 54.9 Å². The SMILES string of the molecule is COc1cc(Nc2nccc(-c3ccc(OC4CCOCC4)c(C#N)c3)n2)ccc1S(=O)(=O)N1CCCC1. The maximum absolute atomic E-state index is 13.0. The Morgan fingerprint density at radius 2 is 1.87 bits per heavy atom. The zero-order chi connectivity index (χ0) is 26.5. The van der Waals surface area contributed by atoms with Gasteiger partial charge in [-0.05, 0) is 49.2 Å². The molecule has 5 rings (SSSR count). The van der Waals surface area contributed by atoms with Crippen LogP contribution in [0.2, 0.25) is 0 Å². The number of rotatable bonds is 8. The molecule has 0 bridgehead atoms. The molecular formula is C27H29N5O5S. The summed E-state index contributed by atoms with van der Waals surface area (Å²) in [5.74, 6) is 1.11. The van der Waals surface area contributed by atoms with Gasteiger partial charge in [0.1, 0.15) is 28.6 Å². The van der Waals surface area contributed by atoms with E-state index in [4.69, 9.17) is 14.2 Å². The van der Waals surface area contributed by atoms with Crippen LogP contribution in [0.25, 0.3) is 11.3 Å². The summed E-state index contributed by atoms with van der Waals surface area (Å²) >= 11 is 0. The van der Waals surface area contributed by atoms with Gasteiger partial charge >= 0.3 is 0 Å². The third-order valence-electron chi connectivity index (χ3n) is 6.62. The van der Waals surface area contributed by atoms with Crippen LogP contribution in [0.5, 0.6) is 11.5 Å². The summed E-state index contributed by atoms with van der Waals surface area (Å²) in [7, 11) is -2.18. The predicted octanol–water partition coefficient (Wildman–Crippen LogP) is 4.11. The van der Waals surface area contributed by atoms with Gasteiger partial charge in [0, 0.05) is 49.4 Å². The first kappa shape index (κ1) is 25.9. The number of nitrogens with one attached hydrogen (secondary N) is 1. The van der Waals surface area contributed by atoms with Gasteiger partial charge in [-0.15, -0.1) is 0 Å². The number of hydrogen-bond acceptors (Lipinski definition) is 9. The van der Waals surface area contributed by atoms with Crippen LogP contribution < -0.4 is 14.8 Å². The van der Waals surface area contributed by atoms with Gasteiger partial charge in [-0.3, -0.25) is 0 Å². The molecule has 0 saturated carbocycles. The van der Waals surface area contributed by atoms with Gasteiger partial charge in [0.2, 0.25) is 16.0 Å². The van der Waals surface area contributed by atoms with Crippen LogP contribution in [-0.2, 0) is 14.8 Å². The average molecular weight is 536 g/mol. The second-order valence-electron chi connectivity index (χ2n) is 9.12. The van der Waals surface area contributed by atoms with Crippen LogP contribution in [0.1, 0.15) is 31.2 Å². The van der Waals surface area contributed by atoms with E-state index < -0.39 is 10.0 Å². The zero-order valence-electron chi connectivity index (χ0n) is 21.1. The molecule has 1 aromatic heterocycles. The Hall–Kier alpha value is -3.72. The van der Waals surface area contributed by atoms with Crippen LogP contribution in [0, 0.1) is 11.3 Å². The summed E-state index contributed by atoms with van der Waals surface area (Å²) in [5.41, 5.74) is 2.38. The molecule has 0 unspecified atom stereocenters. The van der Waals surface area contributed by atoms with Gasteiger partial charge in [0.25, 0.3) is 0 Å². The Kier molecular flexibility index (Phi) is 7.74. The van der Waals surface area contributed by atoms with Crippen molar-refractivity contribution in [2.24, 2.45) is 0 Å². The van der Waals surface area contributed by atoms with Crippen LogP contribution in [0.15, 0.2) is 53.6 Å². The highest BCUT2D eigenvalue weighted by Crippen LogP contribution is 2.32. The molecule has 2 aromatic carbocycles. The van der Waals surface area contributed by atoms with E-state index in [0.717, 1.165) is 31.2 Å².